The van der Waals surface area contributed by atoms with Crippen LogP contribution in [0.3, 0.4) is 0 Å². The van der Waals surface area contributed by atoms with Crippen LogP contribution in [0.15, 0.2) is 42.5 Å². The van der Waals surface area contributed by atoms with Crippen LogP contribution in [-0.2, 0) is 0 Å². The predicted octanol–water partition coefficient (Wildman–Crippen LogP) is 3.33. The molecule has 5 heteroatoms. The number of halogens is 1. The van der Waals surface area contributed by atoms with Gasteiger partial charge >= 0.3 is 0 Å². The second kappa shape index (κ2) is 6.98. The molecule has 2 aromatic rings. The minimum Gasteiger partial charge on any atom is -0.493 e. The van der Waals surface area contributed by atoms with Gasteiger partial charge in [-0.1, -0.05) is 29.8 Å². The Balaban J connectivity index is 2.10. The Labute approximate surface area is 128 Å². The zero-order valence-electron chi connectivity index (χ0n) is 11.4. The summed E-state index contributed by atoms with van der Waals surface area (Å²) in [7, 11) is 1.49. The summed E-state index contributed by atoms with van der Waals surface area (Å²) in [6.45, 7) is 0.0337. The molecule has 1 atom stereocenters. The van der Waals surface area contributed by atoms with Crippen LogP contribution in [0, 0.1) is 11.3 Å². The van der Waals surface area contributed by atoms with Crippen LogP contribution in [0.2, 0.25) is 5.02 Å². The first-order chi connectivity index (χ1) is 10.2. The zero-order valence-corrected chi connectivity index (χ0v) is 12.2. The number of hydrogen-bond donors (Lipinski definition) is 1. The van der Waals surface area contributed by atoms with Gasteiger partial charge in [0.1, 0.15) is 12.7 Å². The summed E-state index contributed by atoms with van der Waals surface area (Å²) in [5, 5.41) is 19.5. The fraction of sp³-hybridized carbons (Fsp3) is 0.188. The van der Waals surface area contributed by atoms with E-state index in [-0.39, 0.29) is 6.61 Å². The van der Waals surface area contributed by atoms with Crippen molar-refractivity contribution < 1.29 is 14.6 Å². The van der Waals surface area contributed by atoms with Crippen molar-refractivity contribution >= 4 is 11.6 Å². The number of ether oxygens (including phenoxy) is 2. The third kappa shape index (κ3) is 3.66. The van der Waals surface area contributed by atoms with Gasteiger partial charge in [0.05, 0.1) is 18.7 Å². The first-order valence-electron chi connectivity index (χ1n) is 6.29. The van der Waals surface area contributed by atoms with E-state index in [2.05, 4.69) is 0 Å². The highest BCUT2D eigenvalue weighted by Gasteiger charge is 2.13. The van der Waals surface area contributed by atoms with Crippen molar-refractivity contribution in [2.45, 2.75) is 6.10 Å². The van der Waals surface area contributed by atoms with Crippen molar-refractivity contribution in [1.82, 2.24) is 0 Å². The molecular weight excluding hydrogens is 290 g/mol. The van der Waals surface area contributed by atoms with Gasteiger partial charge in [-0.2, -0.15) is 5.26 Å². The van der Waals surface area contributed by atoms with Gasteiger partial charge in [-0.3, -0.25) is 0 Å². The molecule has 0 bridgehead atoms. The van der Waals surface area contributed by atoms with Crippen molar-refractivity contribution in [3.63, 3.8) is 0 Å². The molecule has 0 saturated heterocycles. The van der Waals surface area contributed by atoms with Crippen molar-refractivity contribution in [2.75, 3.05) is 13.7 Å². The van der Waals surface area contributed by atoms with E-state index in [0.717, 1.165) is 0 Å². The van der Waals surface area contributed by atoms with Crippen molar-refractivity contribution in [1.29, 1.82) is 5.26 Å². The van der Waals surface area contributed by atoms with Crippen molar-refractivity contribution in [3.05, 3.63) is 58.6 Å². The van der Waals surface area contributed by atoms with Crippen LogP contribution >= 0.6 is 11.6 Å². The van der Waals surface area contributed by atoms with Crippen LogP contribution in [0.5, 0.6) is 11.5 Å². The Morgan fingerprint density at radius 3 is 2.67 bits per heavy atom. The maximum absolute atomic E-state index is 10.1. The lowest BCUT2D eigenvalue weighted by molar-refractivity contribution is 0.106. The number of nitriles is 1. The fourth-order valence-corrected chi connectivity index (χ4v) is 2.12. The molecule has 1 unspecified atom stereocenters. The lowest BCUT2D eigenvalue weighted by Crippen LogP contribution is -2.10. The number of nitrogens with zero attached hydrogens (tertiary/aromatic N) is 1. The van der Waals surface area contributed by atoms with Crippen LogP contribution in [-0.4, -0.2) is 18.8 Å². The molecule has 21 heavy (non-hydrogen) atoms. The van der Waals surface area contributed by atoms with E-state index in [9.17, 15) is 5.11 Å². The Morgan fingerprint density at radius 2 is 2.00 bits per heavy atom. The maximum atomic E-state index is 10.1. The van der Waals surface area contributed by atoms with E-state index in [1.165, 1.54) is 7.11 Å². The van der Waals surface area contributed by atoms with Gasteiger partial charge in [-0.15, -0.1) is 0 Å². The summed E-state index contributed by atoms with van der Waals surface area (Å²) < 4.78 is 10.7. The third-order valence-electron chi connectivity index (χ3n) is 2.95. The Hall–Kier alpha value is -2.22. The fourth-order valence-electron chi connectivity index (χ4n) is 1.86. The molecule has 0 amide bonds. The molecule has 0 saturated carbocycles. The molecule has 2 aromatic carbocycles. The monoisotopic (exact) mass is 303 g/mol. The average molecular weight is 304 g/mol. The molecule has 2 rings (SSSR count). The summed E-state index contributed by atoms with van der Waals surface area (Å²) in [6, 6.07) is 13.9. The highest BCUT2D eigenvalue weighted by molar-refractivity contribution is 6.31. The molecule has 1 N–H and O–H groups in total. The molecule has 0 radical (unpaired) electrons. The number of hydrogen-bond acceptors (Lipinski definition) is 4. The van der Waals surface area contributed by atoms with Gasteiger partial charge < -0.3 is 14.6 Å². The first kappa shape index (κ1) is 15.2. The minimum atomic E-state index is -0.848. The molecule has 0 fully saturated rings. The summed E-state index contributed by atoms with van der Waals surface area (Å²) in [5.41, 5.74) is 1.08. The van der Waals surface area contributed by atoms with Gasteiger partial charge in [-0.25, -0.2) is 0 Å². The van der Waals surface area contributed by atoms with E-state index in [0.29, 0.717) is 27.6 Å². The van der Waals surface area contributed by atoms with Gasteiger partial charge in [0.25, 0.3) is 0 Å². The number of rotatable bonds is 5. The van der Waals surface area contributed by atoms with E-state index >= 15 is 0 Å². The summed E-state index contributed by atoms with van der Waals surface area (Å²) in [5.74, 6) is 0.906. The predicted molar refractivity (Wildman–Crippen MR) is 79.6 cm³/mol. The largest absolute Gasteiger partial charge is 0.493 e. The molecule has 0 aliphatic rings. The van der Waals surface area contributed by atoms with Gasteiger partial charge in [0.2, 0.25) is 0 Å². The second-order valence-electron chi connectivity index (χ2n) is 4.33. The lowest BCUT2D eigenvalue weighted by atomic mass is 10.1. The standard InChI is InChI=1S/C16H14ClNO3/c1-20-16-8-11(9-18)6-7-15(16)21-10-14(19)12-4-2-3-5-13(12)17/h2-8,14,19H,10H2,1H3. The summed E-state index contributed by atoms with van der Waals surface area (Å²) in [6.07, 6.45) is -0.848. The second-order valence-corrected chi connectivity index (χ2v) is 4.73. The van der Waals surface area contributed by atoms with Crippen molar-refractivity contribution in [2.24, 2.45) is 0 Å². The van der Waals surface area contributed by atoms with Crippen molar-refractivity contribution in [3.8, 4) is 17.6 Å². The average Bonchev–Trinajstić information content (AvgIpc) is 2.52. The quantitative estimate of drug-likeness (QED) is 0.920. The molecular formula is C16H14ClNO3. The maximum Gasteiger partial charge on any atom is 0.162 e. The minimum absolute atomic E-state index is 0.0337. The van der Waals surface area contributed by atoms with Crippen LogP contribution in [0.25, 0.3) is 0 Å². The Kier molecular flexibility index (Phi) is 5.04. The van der Waals surface area contributed by atoms with Gasteiger partial charge in [-0.05, 0) is 18.2 Å². The van der Waals surface area contributed by atoms with Crippen LogP contribution in [0.1, 0.15) is 17.2 Å². The van der Waals surface area contributed by atoms with E-state index in [1.54, 1.807) is 42.5 Å². The normalized spacial score (nSPS) is 11.5. The van der Waals surface area contributed by atoms with E-state index < -0.39 is 6.10 Å². The highest BCUT2D eigenvalue weighted by Crippen LogP contribution is 2.29. The Morgan fingerprint density at radius 1 is 1.24 bits per heavy atom. The molecule has 0 spiro atoms. The van der Waals surface area contributed by atoms with E-state index in [1.807, 2.05) is 6.07 Å². The summed E-state index contributed by atoms with van der Waals surface area (Å²) >= 11 is 6.02. The van der Waals surface area contributed by atoms with Crippen LogP contribution in [0.4, 0.5) is 0 Å². The lowest BCUT2D eigenvalue weighted by Gasteiger charge is -2.15. The number of aliphatic hydroxyl groups excluding tert-OH is 1. The molecule has 108 valence electrons. The van der Waals surface area contributed by atoms with Gasteiger partial charge in [0, 0.05) is 16.7 Å². The number of aliphatic hydroxyl groups is 1. The third-order valence-corrected chi connectivity index (χ3v) is 3.30. The smallest absolute Gasteiger partial charge is 0.162 e. The van der Waals surface area contributed by atoms with E-state index in [4.69, 9.17) is 26.3 Å². The summed E-state index contributed by atoms with van der Waals surface area (Å²) in [4.78, 5) is 0. The highest BCUT2D eigenvalue weighted by atomic mass is 35.5. The van der Waals surface area contributed by atoms with Gasteiger partial charge in [0.15, 0.2) is 11.5 Å². The number of methoxy groups -OCH3 is 1. The Bertz CT molecular complexity index is 667. The first-order valence-corrected chi connectivity index (χ1v) is 6.67. The molecule has 0 heterocycles. The molecule has 0 aromatic heterocycles. The van der Waals surface area contributed by atoms with Crippen LogP contribution < -0.4 is 9.47 Å². The molecule has 4 nitrogen and oxygen atoms in total. The molecule has 0 aliphatic heterocycles. The SMILES string of the molecule is COc1cc(C#N)ccc1OCC(O)c1ccccc1Cl. The number of benzene rings is 2. The molecule has 0 aliphatic carbocycles. The zero-order chi connectivity index (χ0) is 15.2. The topological polar surface area (TPSA) is 62.5 Å².